The topological polar surface area (TPSA) is 31.2 Å². The van der Waals surface area contributed by atoms with E-state index in [1.54, 1.807) is 0 Å². The van der Waals surface area contributed by atoms with Crippen molar-refractivity contribution in [2.75, 3.05) is 7.05 Å². The van der Waals surface area contributed by atoms with Gasteiger partial charge in [0.05, 0.1) is 5.91 Å². The molecule has 0 spiro atoms. The molecule has 0 saturated carbocycles. The summed E-state index contributed by atoms with van der Waals surface area (Å²) in [5.74, 6) is -0.0845. The maximum absolute atomic E-state index is 11.5. The molecular weight excluding hydrogens is 400 g/mol. The number of likely N-dealkylation sites (N-methyl/N-ethyl adjacent to an activating group) is 1. The molecule has 0 aliphatic carbocycles. The molecule has 0 unspecified atom stereocenters. The largest absolute Gasteiger partial charge is 0.655 e. The van der Waals surface area contributed by atoms with Crippen LogP contribution in [0.15, 0.2) is 30.3 Å². The number of benzene rings is 1. The molecule has 0 aromatic heterocycles. The predicted octanol–water partition coefficient (Wildman–Crippen LogP) is 2.49. The predicted molar refractivity (Wildman–Crippen MR) is 53.8 cm³/mol. The molecule has 2 nitrogen and oxygen atoms in total. The molecule has 74 valence electrons. The fourth-order valence-electron chi connectivity index (χ4n) is 1.26. The van der Waals surface area contributed by atoms with Crippen molar-refractivity contribution in [3.05, 3.63) is 41.2 Å². The van der Waals surface area contributed by atoms with E-state index in [9.17, 15) is 4.79 Å². The maximum atomic E-state index is 11.5. The third-order valence-electron chi connectivity index (χ3n) is 2.23. The van der Waals surface area contributed by atoms with Gasteiger partial charge in [0.1, 0.15) is 0 Å². The Morgan fingerprint density at radius 2 is 1.71 bits per heavy atom. The Morgan fingerprint density at radius 3 is 2.14 bits per heavy atom. The van der Waals surface area contributed by atoms with Gasteiger partial charge in [0.15, 0.2) is 0 Å². The number of rotatable bonds is 2. The monoisotopic (exact) mass is 414 g/mol. The van der Waals surface area contributed by atoms with Crippen LogP contribution in [0.4, 0.5) is 0 Å². The third kappa shape index (κ3) is 2.87. The quantitative estimate of drug-likeness (QED) is 0.732. The van der Waals surface area contributed by atoms with Crippen molar-refractivity contribution < 1.29 is 35.9 Å². The van der Waals surface area contributed by atoms with Crippen LogP contribution in [0.3, 0.4) is 0 Å². The fraction of sp³-hybridized carbons (Fsp3) is 0.364. The third-order valence-corrected chi connectivity index (χ3v) is 2.23. The summed E-state index contributed by atoms with van der Waals surface area (Å²) in [6.07, 6.45) is 0. The van der Waals surface area contributed by atoms with Crippen LogP contribution in [-0.2, 0) is 10.2 Å². The second-order valence-corrected chi connectivity index (χ2v) is 3.52. The summed E-state index contributed by atoms with van der Waals surface area (Å²) in [5, 5.41) is 3.70. The van der Waals surface area contributed by atoms with Gasteiger partial charge in [0.25, 0.3) is 0 Å². The fourth-order valence-corrected chi connectivity index (χ4v) is 1.26. The average Bonchev–Trinajstić information content (AvgIpc) is 2.18. The first-order chi connectivity index (χ1) is 6.09. The molecule has 0 saturated heterocycles. The van der Waals surface area contributed by atoms with Gasteiger partial charge < -0.3 is 10.1 Å². The second kappa shape index (κ2) is 5.58. The van der Waals surface area contributed by atoms with Gasteiger partial charge >= 0.3 is 0 Å². The van der Waals surface area contributed by atoms with Gasteiger partial charge in [-0.2, -0.15) is 0 Å². The average molecular weight is 414 g/mol. The Labute approximate surface area is 109 Å². The van der Waals surface area contributed by atoms with Gasteiger partial charge in [-0.05, 0) is 5.56 Å². The van der Waals surface area contributed by atoms with Gasteiger partial charge in [0, 0.05) is 36.5 Å². The van der Waals surface area contributed by atoms with Crippen molar-refractivity contribution in [3.63, 3.8) is 0 Å². The number of carbonyl (C=O) groups is 1. The van der Waals surface area contributed by atoms with Gasteiger partial charge in [-0.15, -0.1) is 7.05 Å². The molecule has 14 heavy (non-hydrogen) atoms. The number of hydrogen-bond acceptors (Lipinski definition) is 1. The summed E-state index contributed by atoms with van der Waals surface area (Å²) < 4.78 is 0. The molecule has 1 aromatic rings. The normalized spacial score (nSPS) is 10.2. The summed E-state index contributed by atoms with van der Waals surface area (Å²) >= 11 is 0. The minimum Gasteiger partial charge on any atom is -0.655 e. The van der Waals surface area contributed by atoms with E-state index in [1.807, 2.05) is 44.2 Å². The molecule has 1 amide bonds. The molecular formula is C11H14NOU-. The number of nitrogens with zero attached hydrogens (tertiary/aromatic N) is 1. The van der Waals surface area contributed by atoms with Gasteiger partial charge in [-0.25, -0.2) is 0 Å². The van der Waals surface area contributed by atoms with Crippen molar-refractivity contribution in [2.24, 2.45) is 0 Å². The van der Waals surface area contributed by atoms with Crippen LogP contribution in [0.2, 0.25) is 0 Å². The molecule has 1 aromatic carbocycles. The smallest absolute Gasteiger partial charge is 0.0611 e. The molecule has 3 heteroatoms. The first kappa shape index (κ1) is 13.7. The van der Waals surface area contributed by atoms with Crippen LogP contribution in [0, 0.1) is 31.1 Å². The first-order valence-corrected chi connectivity index (χ1v) is 4.29. The Hall–Kier alpha value is -0.258. The van der Waals surface area contributed by atoms with Crippen LogP contribution >= 0.6 is 0 Å². The Bertz CT molecular complexity index is 295. The van der Waals surface area contributed by atoms with E-state index in [1.165, 1.54) is 7.05 Å². The van der Waals surface area contributed by atoms with E-state index >= 15 is 0 Å². The zero-order valence-electron chi connectivity index (χ0n) is 8.74. The van der Waals surface area contributed by atoms with Crippen LogP contribution in [-0.4, -0.2) is 13.0 Å². The molecule has 0 radical (unpaired) electrons. The number of amides is 1. The van der Waals surface area contributed by atoms with Gasteiger partial charge in [-0.1, -0.05) is 44.2 Å². The molecule has 0 atom stereocenters. The van der Waals surface area contributed by atoms with E-state index in [4.69, 9.17) is 0 Å². The maximum Gasteiger partial charge on any atom is 0.0611 e. The Morgan fingerprint density at radius 1 is 1.21 bits per heavy atom. The summed E-state index contributed by atoms with van der Waals surface area (Å²) in [4.78, 5) is 11.5. The van der Waals surface area contributed by atoms with E-state index < -0.39 is 5.41 Å². The summed E-state index contributed by atoms with van der Waals surface area (Å²) in [6.45, 7) is 3.77. The summed E-state index contributed by atoms with van der Waals surface area (Å²) in [7, 11) is 1.53. The van der Waals surface area contributed by atoms with E-state index in [0.717, 1.165) is 5.56 Å². The van der Waals surface area contributed by atoms with Gasteiger partial charge in [0.2, 0.25) is 0 Å². The summed E-state index contributed by atoms with van der Waals surface area (Å²) in [5.41, 5.74) is 0.501. The minimum atomic E-state index is -0.504. The summed E-state index contributed by atoms with van der Waals surface area (Å²) in [6, 6.07) is 9.69. The van der Waals surface area contributed by atoms with Gasteiger partial charge in [-0.3, -0.25) is 0 Å². The Kier molecular flexibility index (Phi) is 5.48. The number of carbonyl (C=O) groups excluding carboxylic acids is 1. The standard InChI is InChI=1S/C11H15NO.U/c1-11(2,10(13)12-3)9-7-5-4-6-8-9;/h4-8H,1-3H3,(H,12,13);/p-1. The molecule has 0 bridgehead atoms. The molecule has 0 heterocycles. The van der Waals surface area contributed by atoms with Crippen LogP contribution in [0.5, 0.6) is 0 Å². The van der Waals surface area contributed by atoms with Crippen LogP contribution in [0.25, 0.3) is 5.32 Å². The molecule has 1 rings (SSSR count). The molecule has 0 aliphatic heterocycles. The van der Waals surface area contributed by atoms with E-state index in [0.29, 0.717) is 0 Å². The first-order valence-electron chi connectivity index (χ1n) is 4.29. The van der Waals surface area contributed by atoms with Crippen molar-refractivity contribution >= 4 is 5.91 Å². The zero-order valence-corrected chi connectivity index (χ0v) is 12.9. The van der Waals surface area contributed by atoms with E-state index in [2.05, 4.69) is 5.32 Å². The second-order valence-electron chi connectivity index (χ2n) is 3.52. The molecule has 0 aliphatic rings. The number of hydrogen-bond donors (Lipinski definition) is 0. The van der Waals surface area contributed by atoms with Crippen molar-refractivity contribution in [1.29, 1.82) is 0 Å². The van der Waals surface area contributed by atoms with Crippen LogP contribution in [0.1, 0.15) is 19.4 Å². The molecule has 0 N–H and O–H groups in total. The SMILES string of the molecule is C[N-]C(=O)C(C)(C)c1ccccc1.[U]. The van der Waals surface area contributed by atoms with Crippen LogP contribution < -0.4 is 0 Å². The van der Waals surface area contributed by atoms with E-state index in [-0.39, 0.29) is 37.0 Å². The van der Waals surface area contributed by atoms with Crippen molar-refractivity contribution in [2.45, 2.75) is 19.3 Å². The zero-order chi connectivity index (χ0) is 9.90. The molecule has 0 fully saturated rings. The minimum absolute atomic E-state index is 0. The van der Waals surface area contributed by atoms with Crippen molar-refractivity contribution in [3.8, 4) is 0 Å². The van der Waals surface area contributed by atoms with Crippen molar-refractivity contribution in [1.82, 2.24) is 0 Å². The Balaban J connectivity index is 0.00000169.